The molecule has 11 rings (SSSR count). The van der Waals surface area contributed by atoms with Gasteiger partial charge in [-0.3, -0.25) is 24.1 Å². The van der Waals surface area contributed by atoms with Crippen LogP contribution in [0.15, 0.2) is 103 Å². The van der Waals surface area contributed by atoms with Crippen LogP contribution >= 0.6 is 0 Å². The van der Waals surface area contributed by atoms with Crippen molar-refractivity contribution < 1.29 is 33.4 Å². The quantitative estimate of drug-likeness (QED) is 0.147. The normalized spacial score (nSPS) is 23.3. The van der Waals surface area contributed by atoms with Gasteiger partial charge < -0.3 is 14.2 Å². The molecule has 5 aromatic rings. The number of nitrogens with zero attached hydrogens (tertiary/aromatic N) is 2. The molecule has 0 atom stereocenters. The van der Waals surface area contributed by atoms with Crippen LogP contribution in [0, 0.1) is 24.7 Å². The Balaban J connectivity index is 0.882. The smallest absolute Gasteiger partial charge is 0.266 e. The fourth-order valence-corrected chi connectivity index (χ4v) is 10.1. The predicted octanol–water partition coefficient (Wildman–Crippen LogP) is 9.87. The van der Waals surface area contributed by atoms with Crippen molar-refractivity contribution in [3.63, 3.8) is 0 Å². The summed E-state index contributed by atoms with van der Waals surface area (Å²) in [6.07, 6.45) is 7.59. The average molecular weight is 731 g/mol. The van der Waals surface area contributed by atoms with Gasteiger partial charge in [0, 0.05) is 12.6 Å². The fraction of sp³-hybridized carbons (Fsp3) is 0.261. The van der Waals surface area contributed by atoms with E-state index in [1.165, 1.54) is 68.8 Å². The maximum absolute atomic E-state index is 13.7. The zero-order valence-electron chi connectivity index (χ0n) is 30.5. The van der Waals surface area contributed by atoms with E-state index in [0.29, 0.717) is 28.5 Å². The molecule has 4 saturated carbocycles. The van der Waals surface area contributed by atoms with Crippen molar-refractivity contribution in [2.75, 3.05) is 11.9 Å². The summed E-state index contributed by atoms with van der Waals surface area (Å²) in [4.78, 5) is 54.1. The number of amides is 4. The van der Waals surface area contributed by atoms with Gasteiger partial charge in [0.15, 0.2) is 0 Å². The molecule has 2 heterocycles. The number of benzene rings is 5. The summed E-state index contributed by atoms with van der Waals surface area (Å²) in [6.45, 7) is 2.07. The Bertz CT molecular complexity index is 2420. The second-order valence-electron chi connectivity index (χ2n) is 16.0. The summed E-state index contributed by atoms with van der Waals surface area (Å²) in [5.41, 5.74) is 3.94. The van der Waals surface area contributed by atoms with Crippen molar-refractivity contribution in [3.05, 3.63) is 137 Å². The van der Waals surface area contributed by atoms with E-state index in [9.17, 15) is 19.2 Å². The third-order valence-corrected chi connectivity index (χ3v) is 12.3. The minimum absolute atomic E-state index is 0.0754. The number of hydrogen-bond acceptors (Lipinski definition) is 7. The molecule has 2 aliphatic heterocycles. The molecule has 9 heteroatoms. The van der Waals surface area contributed by atoms with Gasteiger partial charge in [0.05, 0.1) is 27.9 Å². The Labute approximate surface area is 318 Å². The Morgan fingerprint density at radius 1 is 0.509 bits per heavy atom. The summed E-state index contributed by atoms with van der Waals surface area (Å²) in [5, 5.41) is 0. The van der Waals surface area contributed by atoms with Crippen molar-refractivity contribution >= 4 is 29.3 Å². The van der Waals surface area contributed by atoms with Crippen LogP contribution < -0.4 is 19.1 Å². The Morgan fingerprint density at radius 2 is 0.964 bits per heavy atom. The standard InChI is InChI=1S/C46H38N2O7/c1-26-3-7-32(8-4-26)55-41-16-13-35(22-40(41)46-23-27-17-28(24-46)19-29(18-27)25-46)53-31-9-5-30(6-10-31)48-44(51)37-15-12-34(21-39(37)45(48)52)54-33-11-14-36-38(20-33)43(50)47(2)42(36)49/h3-16,20-22,27-29H,17-19,23-25H2,1-2H3. The molecule has 9 nitrogen and oxygen atoms in total. The van der Waals surface area contributed by atoms with Crippen LogP contribution in [0.5, 0.6) is 34.5 Å². The lowest BCUT2D eigenvalue weighted by Crippen LogP contribution is -2.48. The molecular weight excluding hydrogens is 693 g/mol. The minimum atomic E-state index is -0.472. The Kier molecular flexibility index (Phi) is 7.53. The van der Waals surface area contributed by atoms with E-state index in [0.717, 1.165) is 44.8 Å². The van der Waals surface area contributed by atoms with E-state index >= 15 is 0 Å². The highest BCUT2D eigenvalue weighted by molar-refractivity contribution is 6.34. The molecular formula is C46H38N2O7. The number of aryl methyl sites for hydroxylation is 1. The van der Waals surface area contributed by atoms with Crippen LogP contribution in [0.4, 0.5) is 5.69 Å². The molecule has 4 fully saturated rings. The maximum atomic E-state index is 13.7. The van der Waals surface area contributed by atoms with Crippen molar-refractivity contribution in [2.45, 2.75) is 50.9 Å². The zero-order chi connectivity index (χ0) is 37.6. The molecule has 5 aromatic carbocycles. The molecule has 274 valence electrons. The molecule has 4 amide bonds. The number of carbonyl (C=O) groups excluding carboxylic acids is 4. The number of hydrogen-bond donors (Lipinski definition) is 0. The lowest BCUT2D eigenvalue weighted by molar-refractivity contribution is -0.00606. The van der Waals surface area contributed by atoms with Crippen molar-refractivity contribution in [2.24, 2.45) is 17.8 Å². The average Bonchev–Trinajstić information content (AvgIpc) is 3.55. The number of imide groups is 2. The van der Waals surface area contributed by atoms with Crippen molar-refractivity contribution in [1.29, 1.82) is 0 Å². The molecule has 0 spiro atoms. The first kappa shape index (κ1) is 33.4. The summed E-state index contributed by atoms with van der Waals surface area (Å²) in [5.74, 6) is 4.28. The second-order valence-corrected chi connectivity index (χ2v) is 16.0. The second kappa shape index (κ2) is 12.4. The van der Waals surface area contributed by atoms with Crippen LogP contribution in [0.2, 0.25) is 0 Å². The molecule has 55 heavy (non-hydrogen) atoms. The summed E-state index contributed by atoms with van der Waals surface area (Å²) in [7, 11) is 1.43. The fourth-order valence-electron chi connectivity index (χ4n) is 10.1. The van der Waals surface area contributed by atoms with Gasteiger partial charge >= 0.3 is 0 Å². The van der Waals surface area contributed by atoms with Crippen LogP contribution in [0.1, 0.15) is 91.1 Å². The summed E-state index contributed by atoms with van der Waals surface area (Å²) in [6, 6.07) is 30.6. The highest BCUT2D eigenvalue weighted by Crippen LogP contribution is 2.62. The van der Waals surface area contributed by atoms with E-state index < -0.39 is 17.7 Å². The molecule has 0 unspecified atom stereocenters. The molecule has 0 radical (unpaired) electrons. The summed E-state index contributed by atoms with van der Waals surface area (Å²) >= 11 is 0. The van der Waals surface area contributed by atoms with Crippen LogP contribution in [0.3, 0.4) is 0 Å². The van der Waals surface area contributed by atoms with Gasteiger partial charge in [-0.1, -0.05) is 17.7 Å². The number of ether oxygens (including phenoxy) is 3. The summed E-state index contributed by atoms with van der Waals surface area (Å²) < 4.78 is 19.0. The lowest BCUT2D eigenvalue weighted by atomic mass is 9.48. The zero-order valence-corrected chi connectivity index (χ0v) is 30.5. The van der Waals surface area contributed by atoms with E-state index in [-0.39, 0.29) is 28.0 Å². The van der Waals surface area contributed by atoms with Gasteiger partial charge in [-0.25, -0.2) is 4.90 Å². The molecule has 0 aromatic heterocycles. The highest BCUT2D eigenvalue weighted by atomic mass is 16.5. The van der Waals surface area contributed by atoms with Crippen LogP contribution in [-0.2, 0) is 5.41 Å². The van der Waals surface area contributed by atoms with Gasteiger partial charge in [-0.05, 0) is 160 Å². The molecule has 6 aliphatic rings. The maximum Gasteiger partial charge on any atom is 0.266 e. The van der Waals surface area contributed by atoms with E-state index in [1.807, 2.05) is 24.3 Å². The SMILES string of the molecule is Cc1ccc(Oc2ccc(Oc3ccc(N4C(=O)c5ccc(Oc6ccc7c(c6)C(=O)N(C)C7=O)cc5C4=O)cc3)cc2C23CC4CC(CC(C4)C2)C3)cc1. The van der Waals surface area contributed by atoms with Crippen molar-refractivity contribution in [3.8, 4) is 34.5 Å². The van der Waals surface area contributed by atoms with Gasteiger partial charge in [-0.15, -0.1) is 0 Å². The minimum Gasteiger partial charge on any atom is -0.457 e. The highest BCUT2D eigenvalue weighted by Gasteiger charge is 2.52. The number of anilines is 1. The third-order valence-electron chi connectivity index (χ3n) is 12.3. The van der Waals surface area contributed by atoms with Gasteiger partial charge in [-0.2, -0.15) is 0 Å². The monoisotopic (exact) mass is 730 g/mol. The number of carbonyl (C=O) groups is 4. The molecule has 0 N–H and O–H groups in total. The molecule has 4 bridgehead atoms. The predicted molar refractivity (Wildman–Crippen MR) is 205 cm³/mol. The molecule has 0 saturated heterocycles. The Morgan fingerprint density at radius 3 is 1.60 bits per heavy atom. The first-order chi connectivity index (χ1) is 26.6. The van der Waals surface area contributed by atoms with Crippen LogP contribution in [0.25, 0.3) is 0 Å². The first-order valence-electron chi connectivity index (χ1n) is 18.9. The van der Waals surface area contributed by atoms with Crippen LogP contribution in [-0.4, -0.2) is 35.6 Å². The van der Waals surface area contributed by atoms with E-state index in [4.69, 9.17) is 14.2 Å². The largest absolute Gasteiger partial charge is 0.457 e. The Hall–Kier alpha value is -6.22. The molecule has 4 aliphatic carbocycles. The van der Waals surface area contributed by atoms with Gasteiger partial charge in [0.25, 0.3) is 23.6 Å². The van der Waals surface area contributed by atoms with Crippen molar-refractivity contribution in [1.82, 2.24) is 4.90 Å². The van der Waals surface area contributed by atoms with Gasteiger partial charge in [0.1, 0.15) is 34.5 Å². The number of fused-ring (bicyclic) bond motifs is 2. The first-order valence-corrected chi connectivity index (χ1v) is 18.9. The number of rotatable bonds is 8. The van der Waals surface area contributed by atoms with E-state index in [1.54, 1.807) is 48.5 Å². The topological polar surface area (TPSA) is 102 Å². The third kappa shape index (κ3) is 5.60. The van der Waals surface area contributed by atoms with E-state index in [2.05, 4.69) is 25.1 Å². The van der Waals surface area contributed by atoms with Gasteiger partial charge in [0.2, 0.25) is 0 Å². The lowest BCUT2D eigenvalue weighted by Gasteiger charge is -2.57.